The molecule has 0 saturated carbocycles. The van der Waals surface area contributed by atoms with Crippen LogP contribution in [0.5, 0.6) is 5.75 Å². The Hall–Kier alpha value is -4.44. The molecule has 0 saturated heterocycles. The van der Waals surface area contributed by atoms with Gasteiger partial charge in [-0.2, -0.15) is 0 Å². The molecule has 0 spiro atoms. The quantitative estimate of drug-likeness (QED) is 0.178. The van der Waals surface area contributed by atoms with Crippen LogP contribution in [0.15, 0.2) is 77.1 Å². The van der Waals surface area contributed by atoms with Gasteiger partial charge in [0.15, 0.2) is 0 Å². The Kier molecular flexibility index (Phi) is 10.4. The number of hydrogen-bond donors (Lipinski definition) is 1. The molecule has 206 valence electrons. The van der Waals surface area contributed by atoms with E-state index < -0.39 is 22.8 Å². The van der Waals surface area contributed by atoms with E-state index in [1.165, 1.54) is 25.3 Å². The van der Waals surface area contributed by atoms with Crippen LogP contribution < -0.4 is 10.1 Å². The van der Waals surface area contributed by atoms with Crippen molar-refractivity contribution in [2.45, 2.75) is 26.7 Å². The summed E-state index contributed by atoms with van der Waals surface area (Å²) in [5, 5.41) is 14.4. The minimum absolute atomic E-state index is 0.0276. The van der Waals surface area contributed by atoms with Crippen molar-refractivity contribution in [1.82, 2.24) is 5.32 Å². The number of non-ortho nitro benzene ring substituents is 1. The lowest BCUT2D eigenvalue weighted by atomic mass is 9.80. The normalized spacial score (nSPS) is 15.2. The maximum absolute atomic E-state index is 13.3. The lowest BCUT2D eigenvalue weighted by Crippen LogP contribution is -2.32. The van der Waals surface area contributed by atoms with E-state index in [0.29, 0.717) is 36.8 Å². The minimum Gasteiger partial charge on any atom is -0.491 e. The van der Waals surface area contributed by atoms with Crippen LogP contribution in [-0.2, 0) is 23.8 Å². The molecule has 1 N–H and O–H groups in total. The summed E-state index contributed by atoms with van der Waals surface area (Å²) in [5.41, 5.74) is 2.43. The van der Waals surface area contributed by atoms with E-state index in [0.717, 1.165) is 11.3 Å². The molecule has 39 heavy (non-hydrogen) atoms. The molecule has 0 bridgehead atoms. The highest BCUT2D eigenvalue weighted by Gasteiger charge is 2.38. The van der Waals surface area contributed by atoms with Gasteiger partial charge in [0, 0.05) is 30.1 Å². The van der Waals surface area contributed by atoms with E-state index in [1.807, 2.05) is 31.2 Å². The van der Waals surface area contributed by atoms with Gasteiger partial charge in [-0.15, -0.1) is 0 Å². The van der Waals surface area contributed by atoms with Crippen molar-refractivity contribution in [1.29, 1.82) is 0 Å². The largest absolute Gasteiger partial charge is 0.491 e. The SMILES string of the molecule is CCOCCOc1ccc(/C=C/COC(=O)C2=C(C)NC(C)=C(C(=O)OC)C2c2cccc([N+](=O)[O-])c2)cc1. The molecule has 1 aliphatic rings. The first kappa shape index (κ1) is 29.1. The molecule has 1 heterocycles. The van der Waals surface area contributed by atoms with Gasteiger partial charge < -0.3 is 24.3 Å². The van der Waals surface area contributed by atoms with Gasteiger partial charge in [-0.3, -0.25) is 10.1 Å². The number of dihydropyridines is 1. The van der Waals surface area contributed by atoms with E-state index in [4.69, 9.17) is 18.9 Å². The van der Waals surface area contributed by atoms with Gasteiger partial charge in [0.1, 0.15) is 19.0 Å². The Labute approximate surface area is 227 Å². The van der Waals surface area contributed by atoms with Crippen LogP contribution in [0.1, 0.15) is 37.8 Å². The summed E-state index contributed by atoms with van der Waals surface area (Å²) in [5.74, 6) is -1.50. The third-order valence-corrected chi connectivity index (χ3v) is 6.00. The molecule has 0 fully saturated rings. The predicted octanol–water partition coefficient (Wildman–Crippen LogP) is 4.67. The number of benzene rings is 2. The molecule has 1 atom stereocenters. The first-order chi connectivity index (χ1) is 18.8. The summed E-state index contributed by atoms with van der Waals surface area (Å²) in [7, 11) is 1.24. The fraction of sp³-hybridized carbons (Fsp3) is 0.310. The Bertz CT molecular complexity index is 1290. The summed E-state index contributed by atoms with van der Waals surface area (Å²) in [6, 6.07) is 13.3. The highest BCUT2D eigenvalue weighted by atomic mass is 16.6. The average molecular weight is 537 g/mol. The molecule has 2 aromatic rings. The number of methoxy groups -OCH3 is 1. The fourth-order valence-electron chi connectivity index (χ4n) is 4.22. The molecular weight excluding hydrogens is 504 g/mol. The number of carbonyl (C=O) groups excluding carboxylic acids is 2. The van der Waals surface area contributed by atoms with Crippen LogP contribution in [0.4, 0.5) is 5.69 Å². The molecular formula is C29H32N2O8. The fourth-order valence-corrected chi connectivity index (χ4v) is 4.22. The van der Waals surface area contributed by atoms with Crippen molar-refractivity contribution in [3.8, 4) is 5.75 Å². The molecule has 1 aliphatic heterocycles. The molecule has 0 radical (unpaired) electrons. The summed E-state index contributed by atoms with van der Waals surface area (Å²) >= 11 is 0. The zero-order valence-corrected chi connectivity index (χ0v) is 22.4. The number of nitro groups is 1. The van der Waals surface area contributed by atoms with Crippen molar-refractivity contribution in [3.05, 3.63) is 98.4 Å². The van der Waals surface area contributed by atoms with Crippen LogP contribution in [-0.4, -0.2) is 50.4 Å². The van der Waals surface area contributed by atoms with Crippen LogP contribution >= 0.6 is 0 Å². The Morgan fingerprint density at radius 3 is 2.36 bits per heavy atom. The molecule has 0 aromatic heterocycles. The van der Waals surface area contributed by atoms with Crippen molar-refractivity contribution in [2.24, 2.45) is 0 Å². The standard InChI is InChI=1S/C29H32N2O8/c1-5-37-16-17-38-24-13-11-21(12-14-24)8-7-15-39-29(33)26-20(3)30-19(2)25(28(32)36-4)27(26)22-9-6-10-23(18-22)31(34)35/h6-14,18,27,30H,5,15-17H2,1-4H3/b8-7+. The number of esters is 2. The number of nitro benzene ring substituents is 1. The summed E-state index contributed by atoms with van der Waals surface area (Å²) in [6.45, 7) is 6.89. The molecule has 2 aromatic carbocycles. The third kappa shape index (κ3) is 7.55. The number of carbonyl (C=O) groups is 2. The maximum Gasteiger partial charge on any atom is 0.337 e. The topological polar surface area (TPSA) is 126 Å². The van der Waals surface area contributed by atoms with Crippen LogP contribution in [0.2, 0.25) is 0 Å². The van der Waals surface area contributed by atoms with Gasteiger partial charge in [-0.05, 0) is 50.1 Å². The van der Waals surface area contributed by atoms with Crippen molar-refractivity contribution >= 4 is 23.7 Å². The number of allylic oxidation sites excluding steroid dienone is 2. The summed E-state index contributed by atoms with van der Waals surface area (Å²) < 4.78 is 21.4. The molecule has 0 aliphatic carbocycles. The van der Waals surface area contributed by atoms with Gasteiger partial charge in [-0.1, -0.05) is 30.3 Å². The van der Waals surface area contributed by atoms with E-state index in [-0.39, 0.29) is 23.4 Å². The van der Waals surface area contributed by atoms with Crippen LogP contribution in [0.3, 0.4) is 0 Å². The molecule has 10 nitrogen and oxygen atoms in total. The average Bonchev–Trinajstić information content (AvgIpc) is 2.93. The number of hydrogen-bond acceptors (Lipinski definition) is 9. The lowest BCUT2D eigenvalue weighted by Gasteiger charge is -2.30. The molecule has 10 heteroatoms. The minimum atomic E-state index is -0.912. The number of rotatable bonds is 12. The van der Waals surface area contributed by atoms with Crippen LogP contribution in [0.25, 0.3) is 6.08 Å². The van der Waals surface area contributed by atoms with E-state index in [2.05, 4.69) is 5.32 Å². The monoisotopic (exact) mass is 536 g/mol. The highest BCUT2D eigenvalue weighted by Crippen LogP contribution is 2.40. The highest BCUT2D eigenvalue weighted by molar-refractivity contribution is 6.00. The van der Waals surface area contributed by atoms with Crippen LogP contribution in [0, 0.1) is 10.1 Å². The van der Waals surface area contributed by atoms with Gasteiger partial charge in [0.2, 0.25) is 0 Å². The smallest absolute Gasteiger partial charge is 0.337 e. The second kappa shape index (κ2) is 13.9. The summed E-state index contributed by atoms with van der Waals surface area (Å²) in [4.78, 5) is 36.9. The number of nitrogens with one attached hydrogen (secondary N) is 1. The van der Waals surface area contributed by atoms with Gasteiger partial charge >= 0.3 is 11.9 Å². The molecule has 1 unspecified atom stereocenters. The van der Waals surface area contributed by atoms with Gasteiger partial charge in [0.25, 0.3) is 5.69 Å². The van der Waals surface area contributed by atoms with E-state index >= 15 is 0 Å². The number of ether oxygens (including phenoxy) is 4. The van der Waals surface area contributed by atoms with Crippen molar-refractivity contribution in [2.75, 3.05) is 33.5 Å². The lowest BCUT2D eigenvalue weighted by molar-refractivity contribution is -0.384. The Balaban J connectivity index is 1.75. The van der Waals surface area contributed by atoms with E-state index in [9.17, 15) is 19.7 Å². The third-order valence-electron chi connectivity index (χ3n) is 6.00. The first-order valence-corrected chi connectivity index (χ1v) is 12.4. The first-order valence-electron chi connectivity index (χ1n) is 12.4. The Morgan fingerprint density at radius 1 is 1.03 bits per heavy atom. The number of nitrogens with zero attached hydrogens (tertiary/aromatic N) is 1. The molecule has 0 amide bonds. The van der Waals surface area contributed by atoms with Gasteiger partial charge in [-0.25, -0.2) is 9.59 Å². The second-order valence-corrected chi connectivity index (χ2v) is 8.59. The van der Waals surface area contributed by atoms with Crippen molar-refractivity contribution in [3.63, 3.8) is 0 Å². The zero-order valence-electron chi connectivity index (χ0n) is 22.4. The van der Waals surface area contributed by atoms with E-state index in [1.54, 1.807) is 32.1 Å². The maximum atomic E-state index is 13.3. The van der Waals surface area contributed by atoms with Gasteiger partial charge in [0.05, 0.1) is 35.7 Å². The summed E-state index contributed by atoms with van der Waals surface area (Å²) in [6.07, 6.45) is 3.50. The molecule has 3 rings (SSSR count). The zero-order chi connectivity index (χ0) is 28.4. The van der Waals surface area contributed by atoms with Crippen molar-refractivity contribution < 1.29 is 33.5 Å². The Morgan fingerprint density at radius 2 is 1.72 bits per heavy atom. The predicted molar refractivity (Wildman–Crippen MR) is 145 cm³/mol. The second-order valence-electron chi connectivity index (χ2n) is 8.59.